The summed E-state index contributed by atoms with van der Waals surface area (Å²) in [4.78, 5) is 0. The van der Waals surface area contributed by atoms with E-state index in [0.717, 1.165) is 0 Å². The van der Waals surface area contributed by atoms with Gasteiger partial charge in [0.1, 0.15) is 0 Å². The monoisotopic (exact) mass is 284 g/mol. The maximum absolute atomic E-state index is 12.8. The lowest BCUT2D eigenvalue weighted by molar-refractivity contribution is -0.144. The molecule has 1 saturated carbocycles. The Bertz CT molecular complexity index is 472. The average molecular weight is 284 g/mol. The van der Waals surface area contributed by atoms with Crippen molar-refractivity contribution < 1.29 is 31.4 Å². The molecule has 0 bridgehead atoms. The molecule has 7 heteroatoms. The largest absolute Gasteiger partial charge is 0.416 e. The highest BCUT2D eigenvalue weighted by atomic mass is 19.4. The van der Waals surface area contributed by atoms with Crippen LogP contribution in [0.2, 0.25) is 0 Å². The minimum Gasteiger partial charge on any atom is -0.388 e. The van der Waals surface area contributed by atoms with Crippen LogP contribution < -0.4 is 0 Å². The van der Waals surface area contributed by atoms with E-state index in [0.29, 0.717) is 25.0 Å². The summed E-state index contributed by atoms with van der Waals surface area (Å²) in [6, 6.07) is 1.34. The zero-order valence-corrected chi connectivity index (χ0v) is 9.52. The van der Waals surface area contributed by atoms with Crippen LogP contribution in [0.1, 0.15) is 35.6 Å². The van der Waals surface area contributed by atoms with Gasteiger partial charge < -0.3 is 5.11 Å². The zero-order valence-electron chi connectivity index (χ0n) is 9.52. The smallest absolute Gasteiger partial charge is 0.388 e. The van der Waals surface area contributed by atoms with Gasteiger partial charge in [-0.05, 0) is 36.5 Å². The maximum Gasteiger partial charge on any atom is 0.416 e. The number of benzene rings is 1. The summed E-state index contributed by atoms with van der Waals surface area (Å²) in [5.74, 6) is -0.294. The fraction of sp³-hybridized carbons (Fsp3) is 0.500. The SMILES string of the molecule is OC(c1ccc(C(F)(F)F)cc1C(F)(F)F)C1CC1. The average Bonchev–Trinajstić information content (AvgIpc) is 3.08. The lowest BCUT2D eigenvalue weighted by Gasteiger charge is -2.19. The quantitative estimate of drug-likeness (QED) is 0.808. The summed E-state index contributed by atoms with van der Waals surface area (Å²) >= 11 is 0. The van der Waals surface area contributed by atoms with Gasteiger partial charge in [-0.2, -0.15) is 26.3 Å². The third-order valence-corrected chi connectivity index (χ3v) is 3.07. The molecule has 0 saturated heterocycles. The Morgan fingerprint density at radius 1 is 1.00 bits per heavy atom. The number of aliphatic hydroxyl groups excluding tert-OH is 1. The van der Waals surface area contributed by atoms with Crippen LogP contribution in [0.4, 0.5) is 26.3 Å². The van der Waals surface area contributed by atoms with Gasteiger partial charge in [-0.1, -0.05) is 6.07 Å². The number of halogens is 6. The van der Waals surface area contributed by atoms with Crippen LogP contribution in [0, 0.1) is 5.92 Å². The number of aliphatic hydroxyl groups is 1. The molecule has 0 aromatic heterocycles. The first-order valence-electron chi connectivity index (χ1n) is 5.57. The molecule has 1 atom stereocenters. The Balaban J connectivity index is 2.49. The molecule has 1 aliphatic rings. The van der Waals surface area contributed by atoms with E-state index in [9.17, 15) is 31.4 Å². The second kappa shape index (κ2) is 4.40. The van der Waals surface area contributed by atoms with E-state index in [1.807, 2.05) is 0 Å². The van der Waals surface area contributed by atoms with Crippen molar-refractivity contribution in [2.24, 2.45) is 5.92 Å². The first-order valence-corrected chi connectivity index (χ1v) is 5.57. The highest BCUT2D eigenvalue weighted by Gasteiger charge is 2.41. The molecule has 0 spiro atoms. The van der Waals surface area contributed by atoms with Crippen LogP contribution >= 0.6 is 0 Å². The Morgan fingerprint density at radius 2 is 1.58 bits per heavy atom. The lowest BCUT2D eigenvalue weighted by atomic mass is 9.96. The van der Waals surface area contributed by atoms with Crippen molar-refractivity contribution in [3.8, 4) is 0 Å². The highest BCUT2D eigenvalue weighted by Crippen LogP contribution is 2.46. The van der Waals surface area contributed by atoms with Crippen LogP contribution in [-0.2, 0) is 12.4 Å². The van der Waals surface area contributed by atoms with Gasteiger partial charge in [-0.15, -0.1) is 0 Å². The summed E-state index contributed by atoms with van der Waals surface area (Å²) in [6.45, 7) is 0. The number of alkyl halides is 6. The summed E-state index contributed by atoms with van der Waals surface area (Å²) in [5.41, 5.74) is -3.27. The molecule has 1 aliphatic carbocycles. The van der Waals surface area contributed by atoms with E-state index in [1.54, 1.807) is 0 Å². The van der Waals surface area contributed by atoms with E-state index in [2.05, 4.69) is 0 Å². The van der Waals surface area contributed by atoms with Gasteiger partial charge in [0.25, 0.3) is 0 Å². The van der Waals surface area contributed by atoms with Crippen LogP contribution in [0.3, 0.4) is 0 Å². The van der Waals surface area contributed by atoms with Crippen molar-refractivity contribution >= 4 is 0 Å². The van der Waals surface area contributed by atoms with E-state index >= 15 is 0 Å². The Morgan fingerprint density at radius 3 is 2.00 bits per heavy atom. The maximum atomic E-state index is 12.8. The van der Waals surface area contributed by atoms with Crippen LogP contribution in [0.15, 0.2) is 18.2 Å². The summed E-state index contributed by atoms with van der Waals surface area (Å²) < 4.78 is 75.6. The summed E-state index contributed by atoms with van der Waals surface area (Å²) in [5, 5.41) is 9.72. The normalized spacial score (nSPS) is 18.5. The molecule has 2 rings (SSSR count). The second-order valence-electron chi connectivity index (χ2n) is 4.58. The third-order valence-electron chi connectivity index (χ3n) is 3.07. The number of rotatable bonds is 2. The molecule has 0 aliphatic heterocycles. The van der Waals surface area contributed by atoms with Crippen LogP contribution in [0.25, 0.3) is 0 Å². The molecule has 1 nitrogen and oxygen atoms in total. The standard InChI is InChI=1S/C12H10F6O/c13-11(14,15)7-3-4-8(10(19)6-1-2-6)9(5-7)12(16,17)18/h3-6,10,19H,1-2H2. The van der Waals surface area contributed by atoms with Gasteiger partial charge in [-0.25, -0.2) is 0 Å². The summed E-state index contributed by atoms with van der Waals surface area (Å²) in [7, 11) is 0. The number of hydrogen-bond acceptors (Lipinski definition) is 1. The number of hydrogen-bond donors (Lipinski definition) is 1. The van der Waals surface area contributed by atoms with Crippen molar-refractivity contribution in [1.29, 1.82) is 0 Å². The van der Waals surface area contributed by atoms with Gasteiger partial charge in [0.05, 0.1) is 17.2 Å². The lowest BCUT2D eigenvalue weighted by Crippen LogP contribution is -2.16. The van der Waals surface area contributed by atoms with E-state index in [1.165, 1.54) is 0 Å². The van der Waals surface area contributed by atoms with Crippen molar-refractivity contribution in [2.45, 2.75) is 31.3 Å². The fourth-order valence-electron chi connectivity index (χ4n) is 1.90. The predicted octanol–water partition coefficient (Wildman–Crippen LogP) is 4.17. The summed E-state index contributed by atoms with van der Waals surface area (Å²) in [6.07, 6.45) is -9.96. The molecule has 0 amide bonds. The molecular formula is C12H10F6O. The molecule has 1 aromatic rings. The fourth-order valence-corrected chi connectivity index (χ4v) is 1.90. The molecule has 1 fully saturated rings. The second-order valence-corrected chi connectivity index (χ2v) is 4.58. The topological polar surface area (TPSA) is 20.2 Å². The van der Waals surface area contributed by atoms with Crippen molar-refractivity contribution in [3.63, 3.8) is 0 Å². The highest BCUT2D eigenvalue weighted by molar-refractivity contribution is 5.37. The molecular weight excluding hydrogens is 274 g/mol. The molecule has 19 heavy (non-hydrogen) atoms. The Hall–Kier alpha value is -1.24. The minimum absolute atomic E-state index is 0.0565. The molecule has 1 aromatic carbocycles. The van der Waals surface area contributed by atoms with Gasteiger partial charge in [0, 0.05) is 0 Å². The van der Waals surface area contributed by atoms with Crippen LogP contribution in [0.5, 0.6) is 0 Å². The van der Waals surface area contributed by atoms with Gasteiger partial charge in [0.15, 0.2) is 0 Å². The predicted molar refractivity (Wildman–Crippen MR) is 54.1 cm³/mol. The third kappa shape index (κ3) is 3.02. The zero-order chi connectivity index (χ0) is 14.4. The molecule has 0 heterocycles. The minimum atomic E-state index is -4.92. The van der Waals surface area contributed by atoms with Gasteiger partial charge in [-0.3, -0.25) is 0 Å². The van der Waals surface area contributed by atoms with Crippen molar-refractivity contribution in [2.75, 3.05) is 0 Å². The molecule has 1 unspecified atom stereocenters. The van der Waals surface area contributed by atoms with Crippen molar-refractivity contribution in [1.82, 2.24) is 0 Å². The molecule has 1 N–H and O–H groups in total. The Kier molecular flexibility index (Phi) is 3.28. The Labute approximate surface area is 104 Å². The van der Waals surface area contributed by atoms with Gasteiger partial charge >= 0.3 is 12.4 Å². The van der Waals surface area contributed by atoms with Crippen LogP contribution in [-0.4, -0.2) is 5.11 Å². The van der Waals surface area contributed by atoms with E-state index in [-0.39, 0.29) is 12.0 Å². The molecule has 0 radical (unpaired) electrons. The molecule has 106 valence electrons. The van der Waals surface area contributed by atoms with Gasteiger partial charge in [0.2, 0.25) is 0 Å². The first kappa shape index (κ1) is 14.2. The van der Waals surface area contributed by atoms with Crippen molar-refractivity contribution in [3.05, 3.63) is 34.9 Å². The van der Waals surface area contributed by atoms with E-state index < -0.39 is 35.1 Å². The van der Waals surface area contributed by atoms with E-state index in [4.69, 9.17) is 0 Å². The first-order chi connectivity index (χ1) is 8.60.